The summed E-state index contributed by atoms with van der Waals surface area (Å²) in [7, 11) is 0. The van der Waals surface area contributed by atoms with Gasteiger partial charge in [-0.2, -0.15) is 0 Å². The molecule has 3 rings (SSSR count). The Bertz CT molecular complexity index is 535. The molecule has 0 heterocycles. The maximum Gasteiger partial charge on any atom is 0.127 e. The number of hydrogen-bond acceptors (Lipinski definition) is 1. The van der Waals surface area contributed by atoms with Crippen LogP contribution in [0.3, 0.4) is 0 Å². The fraction of sp³-hybridized carbons (Fsp3) is 0.294. The second-order valence-corrected chi connectivity index (χ2v) is 5.73. The molecule has 0 aliphatic heterocycles. The van der Waals surface area contributed by atoms with Crippen LogP contribution >= 0.6 is 11.6 Å². The van der Waals surface area contributed by atoms with Crippen LogP contribution in [0.5, 0.6) is 11.5 Å². The highest BCUT2D eigenvalue weighted by molar-refractivity contribution is 6.21. The number of alkyl halides is 1. The maximum atomic E-state index is 6.47. The van der Waals surface area contributed by atoms with Gasteiger partial charge in [0.15, 0.2) is 0 Å². The van der Waals surface area contributed by atoms with E-state index in [-0.39, 0.29) is 5.38 Å². The third kappa shape index (κ3) is 2.93. The highest BCUT2D eigenvalue weighted by atomic mass is 35.5. The first-order valence-electron chi connectivity index (χ1n) is 6.71. The minimum atomic E-state index is 0.140. The van der Waals surface area contributed by atoms with Crippen LogP contribution in [0.2, 0.25) is 0 Å². The topological polar surface area (TPSA) is 9.23 Å². The fourth-order valence-corrected chi connectivity index (χ4v) is 2.85. The molecule has 98 valence electrons. The van der Waals surface area contributed by atoms with Crippen molar-refractivity contribution in [1.29, 1.82) is 0 Å². The number of ether oxygens (including phenoxy) is 1. The molecule has 2 aromatic rings. The molecule has 0 N–H and O–H groups in total. The average Bonchev–Trinajstić information content (AvgIpc) is 3.17. The van der Waals surface area contributed by atoms with Crippen molar-refractivity contribution in [2.75, 3.05) is 0 Å². The van der Waals surface area contributed by atoms with Crippen LogP contribution in [0.25, 0.3) is 0 Å². The summed E-state index contributed by atoms with van der Waals surface area (Å²) in [4.78, 5) is 0. The molecule has 2 heteroatoms. The minimum Gasteiger partial charge on any atom is -0.457 e. The minimum absolute atomic E-state index is 0.140. The predicted molar refractivity (Wildman–Crippen MR) is 78.8 cm³/mol. The predicted octanol–water partition coefficient (Wildman–Crippen LogP) is 5.41. The lowest BCUT2D eigenvalue weighted by Gasteiger charge is -2.10. The maximum absolute atomic E-state index is 6.47. The third-order valence-corrected chi connectivity index (χ3v) is 4.30. The molecule has 0 bridgehead atoms. The van der Waals surface area contributed by atoms with Gasteiger partial charge in [0.2, 0.25) is 0 Å². The second kappa shape index (κ2) is 5.26. The standard InChI is InChI=1S/C17H17ClO/c1-12-11-16(12)17(18)13-7-9-15(10-8-13)19-14-5-3-2-4-6-14/h2-10,12,16-17H,11H2,1H3. The summed E-state index contributed by atoms with van der Waals surface area (Å²) in [5.74, 6) is 3.11. The summed E-state index contributed by atoms with van der Waals surface area (Å²) in [5.41, 5.74) is 1.19. The molecule has 0 amide bonds. The summed E-state index contributed by atoms with van der Waals surface area (Å²) in [5, 5.41) is 0.140. The lowest BCUT2D eigenvalue weighted by molar-refractivity contribution is 0.482. The summed E-state index contributed by atoms with van der Waals surface area (Å²) >= 11 is 6.47. The number of rotatable bonds is 4. The Hall–Kier alpha value is -1.47. The second-order valence-electron chi connectivity index (χ2n) is 5.26. The van der Waals surface area contributed by atoms with E-state index in [1.54, 1.807) is 0 Å². The van der Waals surface area contributed by atoms with Gasteiger partial charge in [-0.25, -0.2) is 0 Å². The van der Waals surface area contributed by atoms with Crippen molar-refractivity contribution in [3.63, 3.8) is 0 Å². The largest absolute Gasteiger partial charge is 0.457 e. The number of hydrogen-bond donors (Lipinski definition) is 0. The van der Waals surface area contributed by atoms with Crippen LogP contribution in [0.1, 0.15) is 24.3 Å². The molecule has 1 aliphatic carbocycles. The van der Waals surface area contributed by atoms with Gasteiger partial charge < -0.3 is 4.74 Å². The van der Waals surface area contributed by atoms with E-state index in [2.05, 4.69) is 19.1 Å². The Morgan fingerprint density at radius 3 is 2.16 bits per heavy atom. The fourth-order valence-electron chi connectivity index (χ4n) is 2.35. The molecule has 2 aromatic carbocycles. The lowest BCUT2D eigenvalue weighted by atomic mass is 10.1. The quantitative estimate of drug-likeness (QED) is 0.676. The third-order valence-electron chi connectivity index (χ3n) is 3.73. The zero-order chi connectivity index (χ0) is 13.2. The Morgan fingerprint density at radius 2 is 1.58 bits per heavy atom. The zero-order valence-corrected chi connectivity index (χ0v) is 11.7. The first-order chi connectivity index (χ1) is 9.24. The number of halogens is 1. The van der Waals surface area contributed by atoms with Gasteiger partial charge in [-0.15, -0.1) is 11.6 Å². The van der Waals surface area contributed by atoms with Crippen LogP contribution in [0, 0.1) is 11.8 Å². The lowest BCUT2D eigenvalue weighted by Crippen LogP contribution is -1.94. The highest BCUT2D eigenvalue weighted by Crippen LogP contribution is 2.50. The van der Waals surface area contributed by atoms with Crippen LogP contribution < -0.4 is 4.74 Å². The molecular formula is C17H17ClO. The van der Waals surface area contributed by atoms with E-state index in [0.29, 0.717) is 5.92 Å². The molecule has 1 fully saturated rings. The van der Waals surface area contributed by atoms with Crippen LogP contribution in [-0.4, -0.2) is 0 Å². The van der Waals surface area contributed by atoms with E-state index < -0.39 is 0 Å². The van der Waals surface area contributed by atoms with Crippen LogP contribution in [-0.2, 0) is 0 Å². The molecule has 3 unspecified atom stereocenters. The Labute approximate surface area is 119 Å². The van der Waals surface area contributed by atoms with E-state index in [4.69, 9.17) is 16.3 Å². The van der Waals surface area contributed by atoms with Gasteiger partial charge in [0, 0.05) is 0 Å². The summed E-state index contributed by atoms with van der Waals surface area (Å²) < 4.78 is 5.77. The molecule has 19 heavy (non-hydrogen) atoms. The van der Waals surface area contributed by atoms with Crippen molar-refractivity contribution in [3.05, 3.63) is 60.2 Å². The summed E-state index contributed by atoms with van der Waals surface area (Å²) in [6.45, 7) is 2.26. The van der Waals surface area contributed by atoms with Crippen molar-refractivity contribution >= 4 is 11.6 Å². The highest BCUT2D eigenvalue weighted by Gasteiger charge is 2.39. The molecular weight excluding hydrogens is 256 g/mol. The number of para-hydroxylation sites is 1. The molecule has 0 aromatic heterocycles. The van der Waals surface area contributed by atoms with E-state index in [0.717, 1.165) is 17.4 Å². The average molecular weight is 273 g/mol. The van der Waals surface area contributed by atoms with E-state index in [1.807, 2.05) is 42.5 Å². The molecule has 1 nitrogen and oxygen atoms in total. The van der Waals surface area contributed by atoms with Crippen molar-refractivity contribution in [2.45, 2.75) is 18.7 Å². The van der Waals surface area contributed by atoms with Crippen molar-refractivity contribution in [2.24, 2.45) is 11.8 Å². The molecule has 0 spiro atoms. The molecule has 1 aliphatic rings. The van der Waals surface area contributed by atoms with Crippen LogP contribution in [0.4, 0.5) is 0 Å². The summed E-state index contributed by atoms with van der Waals surface area (Å²) in [6.07, 6.45) is 1.25. The SMILES string of the molecule is CC1CC1C(Cl)c1ccc(Oc2ccccc2)cc1. The smallest absolute Gasteiger partial charge is 0.127 e. The normalized spacial score (nSPS) is 22.8. The van der Waals surface area contributed by atoms with E-state index in [1.165, 1.54) is 12.0 Å². The van der Waals surface area contributed by atoms with E-state index >= 15 is 0 Å². The number of benzene rings is 2. The van der Waals surface area contributed by atoms with Gasteiger partial charge in [0.05, 0.1) is 5.38 Å². The monoisotopic (exact) mass is 272 g/mol. The Kier molecular flexibility index (Phi) is 3.48. The van der Waals surface area contributed by atoms with Crippen molar-refractivity contribution in [3.8, 4) is 11.5 Å². The van der Waals surface area contributed by atoms with Crippen LogP contribution in [0.15, 0.2) is 54.6 Å². The first kappa shape index (κ1) is 12.6. The Balaban J connectivity index is 1.69. The van der Waals surface area contributed by atoms with Gasteiger partial charge in [-0.1, -0.05) is 37.3 Å². The Morgan fingerprint density at radius 1 is 1.00 bits per heavy atom. The van der Waals surface area contributed by atoms with Crippen molar-refractivity contribution < 1.29 is 4.74 Å². The van der Waals surface area contributed by atoms with Gasteiger partial charge >= 0.3 is 0 Å². The van der Waals surface area contributed by atoms with E-state index in [9.17, 15) is 0 Å². The molecule has 1 saturated carbocycles. The zero-order valence-electron chi connectivity index (χ0n) is 10.9. The molecule has 0 radical (unpaired) electrons. The molecule has 0 saturated heterocycles. The van der Waals surface area contributed by atoms with Gasteiger partial charge in [-0.3, -0.25) is 0 Å². The van der Waals surface area contributed by atoms with Crippen molar-refractivity contribution in [1.82, 2.24) is 0 Å². The first-order valence-corrected chi connectivity index (χ1v) is 7.14. The molecule has 3 atom stereocenters. The van der Waals surface area contributed by atoms with Gasteiger partial charge in [0.25, 0.3) is 0 Å². The van der Waals surface area contributed by atoms with Gasteiger partial charge in [-0.05, 0) is 48.1 Å². The summed E-state index contributed by atoms with van der Waals surface area (Å²) in [6, 6.07) is 17.9. The van der Waals surface area contributed by atoms with Gasteiger partial charge in [0.1, 0.15) is 11.5 Å².